The molecule has 0 aliphatic heterocycles. The molecule has 0 unspecified atom stereocenters. The van der Waals surface area contributed by atoms with Crippen molar-refractivity contribution in [1.82, 2.24) is 14.8 Å². The van der Waals surface area contributed by atoms with E-state index in [4.69, 9.17) is 5.10 Å². The van der Waals surface area contributed by atoms with E-state index in [1.54, 1.807) is 0 Å². The Kier molecular flexibility index (Phi) is 2.54. The first-order valence-electron chi connectivity index (χ1n) is 8.07. The molecule has 4 aromatic rings. The first-order valence-corrected chi connectivity index (χ1v) is 8.07. The summed E-state index contributed by atoms with van der Waals surface area (Å²) in [6, 6.07) is 19.0. The molecule has 3 nitrogen and oxygen atoms in total. The van der Waals surface area contributed by atoms with Gasteiger partial charge in [0.05, 0.1) is 22.8 Å². The number of aromatic nitrogens is 3. The van der Waals surface area contributed by atoms with Gasteiger partial charge in [-0.1, -0.05) is 36.4 Å². The summed E-state index contributed by atoms with van der Waals surface area (Å²) in [7, 11) is 0. The number of para-hydroxylation sites is 2. The Morgan fingerprint density at radius 1 is 0.957 bits per heavy atom. The van der Waals surface area contributed by atoms with Crippen LogP contribution in [-0.4, -0.2) is 14.8 Å². The van der Waals surface area contributed by atoms with E-state index in [0.29, 0.717) is 0 Å². The van der Waals surface area contributed by atoms with Crippen LogP contribution in [0, 0.1) is 6.92 Å². The molecule has 0 bridgehead atoms. The quantitative estimate of drug-likeness (QED) is 0.554. The highest BCUT2D eigenvalue weighted by molar-refractivity contribution is 5.92. The molecule has 2 heterocycles. The lowest BCUT2D eigenvalue weighted by atomic mass is 9.92. The first-order chi connectivity index (χ1) is 11.3. The summed E-state index contributed by atoms with van der Waals surface area (Å²) in [4.78, 5) is 3.62. The molecule has 112 valence electrons. The number of aromatic amines is 1. The van der Waals surface area contributed by atoms with E-state index < -0.39 is 0 Å². The van der Waals surface area contributed by atoms with Crippen LogP contribution in [0.4, 0.5) is 0 Å². The SMILES string of the molecule is Cc1nn(-c2ccccc2)c2c1-c1[nH]c3ccccc3c1CC2. The van der Waals surface area contributed by atoms with E-state index in [-0.39, 0.29) is 0 Å². The normalized spacial score (nSPS) is 13.1. The van der Waals surface area contributed by atoms with Crippen LogP contribution in [0.5, 0.6) is 0 Å². The molecule has 0 spiro atoms. The number of H-pyrrole nitrogens is 1. The highest BCUT2D eigenvalue weighted by Gasteiger charge is 2.26. The summed E-state index contributed by atoms with van der Waals surface area (Å²) in [6.07, 6.45) is 2.09. The zero-order valence-corrected chi connectivity index (χ0v) is 13.0. The lowest BCUT2D eigenvalue weighted by Gasteiger charge is -2.15. The minimum atomic E-state index is 1.03. The molecular formula is C20H17N3. The van der Waals surface area contributed by atoms with Crippen LogP contribution in [0.25, 0.3) is 27.8 Å². The largest absolute Gasteiger partial charge is 0.354 e. The van der Waals surface area contributed by atoms with Crippen molar-refractivity contribution in [2.24, 2.45) is 0 Å². The highest BCUT2D eigenvalue weighted by atomic mass is 15.3. The molecule has 0 fully saturated rings. The van der Waals surface area contributed by atoms with Crippen molar-refractivity contribution in [3.05, 3.63) is 71.5 Å². The van der Waals surface area contributed by atoms with Gasteiger partial charge < -0.3 is 4.98 Å². The van der Waals surface area contributed by atoms with Gasteiger partial charge in [-0.2, -0.15) is 5.10 Å². The lowest BCUT2D eigenvalue weighted by molar-refractivity contribution is 0.777. The van der Waals surface area contributed by atoms with Crippen LogP contribution in [0.3, 0.4) is 0 Å². The van der Waals surface area contributed by atoms with E-state index in [1.807, 2.05) is 6.07 Å². The van der Waals surface area contributed by atoms with E-state index in [1.165, 1.54) is 33.4 Å². The molecule has 3 heteroatoms. The second kappa shape index (κ2) is 4.59. The van der Waals surface area contributed by atoms with Crippen LogP contribution in [0.15, 0.2) is 54.6 Å². The van der Waals surface area contributed by atoms with Gasteiger partial charge in [-0.3, -0.25) is 0 Å². The van der Waals surface area contributed by atoms with Crippen molar-refractivity contribution in [1.29, 1.82) is 0 Å². The fourth-order valence-electron chi connectivity index (χ4n) is 3.83. The molecule has 0 radical (unpaired) electrons. The minimum Gasteiger partial charge on any atom is -0.354 e. The van der Waals surface area contributed by atoms with Gasteiger partial charge in [0.25, 0.3) is 0 Å². The monoisotopic (exact) mass is 299 g/mol. The zero-order valence-electron chi connectivity index (χ0n) is 13.0. The van der Waals surface area contributed by atoms with Crippen molar-refractivity contribution >= 4 is 10.9 Å². The fourth-order valence-corrected chi connectivity index (χ4v) is 3.83. The summed E-state index contributed by atoms with van der Waals surface area (Å²) in [5, 5.41) is 6.18. The Hall–Kier alpha value is -2.81. The standard InChI is InChI=1S/C20H17N3/c1-13-19-18(23(22-13)14-7-3-2-4-8-14)12-11-16-15-9-5-6-10-17(15)21-20(16)19/h2-10,21H,11-12H2,1H3. The number of hydrogen-bond donors (Lipinski definition) is 1. The third-order valence-electron chi connectivity index (χ3n) is 4.83. The molecule has 2 aromatic carbocycles. The second-order valence-corrected chi connectivity index (χ2v) is 6.18. The van der Waals surface area contributed by atoms with Gasteiger partial charge in [0.1, 0.15) is 0 Å². The van der Waals surface area contributed by atoms with Crippen molar-refractivity contribution in [3.8, 4) is 16.9 Å². The number of aryl methyl sites for hydroxylation is 2. The molecule has 0 atom stereocenters. The van der Waals surface area contributed by atoms with Crippen molar-refractivity contribution in [2.45, 2.75) is 19.8 Å². The van der Waals surface area contributed by atoms with Crippen LogP contribution >= 0.6 is 0 Å². The Bertz CT molecular complexity index is 1020. The fraction of sp³-hybridized carbons (Fsp3) is 0.150. The molecule has 23 heavy (non-hydrogen) atoms. The number of rotatable bonds is 1. The topological polar surface area (TPSA) is 33.6 Å². The molecule has 5 rings (SSSR count). The van der Waals surface area contributed by atoms with Gasteiger partial charge in [0, 0.05) is 16.5 Å². The first kappa shape index (κ1) is 12.7. The Morgan fingerprint density at radius 2 is 1.74 bits per heavy atom. The number of nitrogens with zero attached hydrogens (tertiary/aromatic N) is 2. The average molecular weight is 299 g/mol. The maximum Gasteiger partial charge on any atom is 0.0694 e. The smallest absolute Gasteiger partial charge is 0.0694 e. The number of fused-ring (bicyclic) bond motifs is 5. The number of benzene rings is 2. The maximum atomic E-state index is 4.83. The third-order valence-corrected chi connectivity index (χ3v) is 4.83. The zero-order chi connectivity index (χ0) is 15.4. The van der Waals surface area contributed by atoms with Gasteiger partial charge in [0.2, 0.25) is 0 Å². The molecule has 0 saturated heterocycles. The van der Waals surface area contributed by atoms with Gasteiger partial charge in [-0.25, -0.2) is 4.68 Å². The van der Waals surface area contributed by atoms with E-state index >= 15 is 0 Å². The number of nitrogens with one attached hydrogen (secondary N) is 1. The number of hydrogen-bond acceptors (Lipinski definition) is 1. The highest BCUT2D eigenvalue weighted by Crippen LogP contribution is 2.39. The maximum absolute atomic E-state index is 4.83. The molecule has 1 N–H and O–H groups in total. The predicted molar refractivity (Wildman–Crippen MR) is 93.0 cm³/mol. The molecule has 0 amide bonds. The summed E-state index contributed by atoms with van der Waals surface area (Å²) in [5.74, 6) is 0. The molecule has 1 aliphatic rings. The van der Waals surface area contributed by atoms with E-state index in [2.05, 4.69) is 65.1 Å². The molecule has 0 saturated carbocycles. The lowest BCUT2D eigenvalue weighted by Crippen LogP contribution is -2.08. The predicted octanol–water partition coefficient (Wildman–Crippen LogP) is 4.43. The van der Waals surface area contributed by atoms with Crippen molar-refractivity contribution in [3.63, 3.8) is 0 Å². The van der Waals surface area contributed by atoms with Gasteiger partial charge in [-0.05, 0) is 43.5 Å². The Labute approximate surface area is 134 Å². The minimum absolute atomic E-state index is 1.03. The molecular weight excluding hydrogens is 282 g/mol. The van der Waals surface area contributed by atoms with Crippen LogP contribution in [-0.2, 0) is 12.8 Å². The van der Waals surface area contributed by atoms with Crippen LogP contribution in [0.2, 0.25) is 0 Å². The van der Waals surface area contributed by atoms with Crippen LogP contribution in [0.1, 0.15) is 17.0 Å². The van der Waals surface area contributed by atoms with E-state index in [9.17, 15) is 0 Å². The van der Waals surface area contributed by atoms with E-state index in [0.717, 1.165) is 24.2 Å². The van der Waals surface area contributed by atoms with Gasteiger partial charge in [0.15, 0.2) is 0 Å². The summed E-state index contributed by atoms with van der Waals surface area (Å²) in [6.45, 7) is 2.11. The summed E-state index contributed by atoms with van der Waals surface area (Å²) >= 11 is 0. The van der Waals surface area contributed by atoms with Crippen LogP contribution < -0.4 is 0 Å². The van der Waals surface area contributed by atoms with Gasteiger partial charge >= 0.3 is 0 Å². The third kappa shape index (κ3) is 1.73. The average Bonchev–Trinajstić information content (AvgIpc) is 3.13. The summed E-state index contributed by atoms with van der Waals surface area (Å²) < 4.78 is 2.11. The molecule has 1 aliphatic carbocycles. The van der Waals surface area contributed by atoms with Gasteiger partial charge in [-0.15, -0.1) is 0 Å². The molecule has 2 aromatic heterocycles. The van der Waals surface area contributed by atoms with Crippen molar-refractivity contribution < 1.29 is 0 Å². The second-order valence-electron chi connectivity index (χ2n) is 6.18. The Morgan fingerprint density at radius 3 is 2.61 bits per heavy atom. The van der Waals surface area contributed by atoms with Crippen molar-refractivity contribution in [2.75, 3.05) is 0 Å². The Balaban J connectivity index is 1.79. The summed E-state index contributed by atoms with van der Waals surface area (Å²) in [5.41, 5.74) is 8.74.